The van der Waals surface area contributed by atoms with Crippen molar-refractivity contribution in [3.8, 4) is 5.75 Å². The summed E-state index contributed by atoms with van der Waals surface area (Å²) in [4.78, 5) is 13.1. The van der Waals surface area contributed by atoms with E-state index < -0.39 is 32.5 Å². The van der Waals surface area contributed by atoms with Gasteiger partial charge in [0.25, 0.3) is 10.0 Å². The highest BCUT2D eigenvalue weighted by Gasteiger charge is 2.28. The summed E-state index contributed by atoms with van der Waals surface area (Å²) in [5, 5.41) is 2.69. The van der Waals surface area contributed by atoms with E-state index >= 15 is 0 Å². The number of sulfonamides is 2. The van der Waals surface area contributed by atoms with Crippen molar-refractivity contribution >= 4 is 31.6 Å². The minimum atomic E-state index is -4.01. The maximum atomic E-state index is 13.5. The van der Waals surface area contributed by atoms with E-state index in [1.807, 2.05) is 19.9 Å². The number of carbonyl (C=O) groups excluding carboxylic acids is 1. The fraction of sp³-hybridized carbons (Fsp3) is 0.296. The summed E-state index contributed by atoms with van der Waals surface area (Å²) in [5.41, 5.74) is 3.06. The number of hydrogen-bond acceptors (Lipinski definition) is 6. The topological polar surface area (TPSA) is 113 Å². The van der Waals surface area contributed by atoms with Gasteiger partial charge in [0.2, 0.25) is 15.9 Å². The summed E-state index contributed by atoms with van der Waals surface area (Å²) in [6.07, 6.45) is 0. The van der Waals surface area contributed by atoms with Crippen LogP contribution >= 0.6 is 0 Å². The fourth-order valence-corrected chi connectivity index (χ4v) is 6.07. The molecule has 0 unspecified atom stereocenters. The van der Waals surface area contributed by atoms with E-state index in [2.05, 4.69) is 5.32 Å². The van der Waals surface area contributed by atoms with Gasteiger partial charge in [-0.3, -0.25) is 9.10 Å². The lowest BCUT2D eigenvalue weighted by molar-refractivity contribution is -0.119. The summed E-state index contributed by atoms with van der Waals surface area (Å²) < 4.78 is 59.3. The van der Waals surface area contributed by atoms with Crippen LogP contribution < -0.4 is 14.4 Å². The zero-order valence-electron chi connectivity index (χ0n) is 22.1. The van der Waals surface area contributed by atoms with Gasteiger partial charge in [-0.25, -0.2) is 21.1 Å². The molecule has 3 rings (SSSR count). The highest BCUT2D eigenvalue weighted by Crippen LogP contribution is 2.27. The van der Waals surface area contributed by atoms with Gasteiger partial charge in [0.15, 0.2) is 0 Å². The molecule has 38 heavy (non-hydrogen) atoms. The molecule has 1 N–H and O–H groups in total. The lowest BCUT2D eigenvalue weighted by Crippen LogP contribution is -2.42. The molecule has 1 amide bonds. The van der Waals surface area contributed by atoms with Gasteiger partial charge in [-0.15, -0.1) is 0 Å². The Morgan fingerprint density at radius 1 is 0.789 bits per heavy atom. The summed E-state index contributed by atoms with van der Waals surface area (Å²) in [6.45, 7) is 5.42. The molecule has 0 aliphatic carbocycles. The number of amides is 1. The van der Waals surface area contributed by atoms with Crippen LogP contribution in [-0.2, 0) is 24.8 Å². The minimum absolute atomic E-state index is 0.0962. The van der Waals surface area contributed by atoms with Crippen LogP contribution in [0.25, 0.3) is 0 Å². The number of aryl methyl sites for hydroxylation is 3. The van der Waals surface area contributed by atoms with E-state index in [9.17, 15) is 21.6 Å². The Labute approximate surface area is 225 Å². The number of ether oxygens (including phenoxy) is 1. The highest BCUT2D eigenvalue weighted by atomic mass is 32.2. The average Bonchev–Trinajstić information content (AvgIpc) is 2.86. The Balaban J connectivity index is 1.68. The van der Waals surface area contributed by atoms with E-state index in [1.165, 1.54) is 50.5 Å². The van der Waals surface area contributed by atoms with Gasteiger partial charge in [-0.1, -0.05) is 35.4 Å². The van der Waals surface area contributed by atoms with Crippen molar-refractivity contribution in [3.05, 3.63) is 83.4 Å². The van der Waals surface area contributed by atoms with Gasteiger partial charge in [0.1, 0.15) is 18.9 Å². The summed E-state index contributed by atoms with van der Waals surface area (Å²) in [5.74, 6) is -0.0486. The Morgan fingerprint density at radius 2 is 1.34 bits per heavy atom. The molecular formula is C27H33N3O6S2. The second-order valence-electron chi connectivity index (χ2n) is 9.07. The smallest absolute Gasteiger partial charge is 0.264 e. The van der Waals surface area contributed by atoms with E-state index in [0.29, 0.717) is 11.4 Å². The van der Waals surface area contributed by atoms with Gasteiger partial charge in [-0.2, -0.15) is 0 Å². The monoisotopic (exact) mass is 559 g/mol. The first-order valence-electron chi connectivity index (χ1n) is 11.9. The number of hydrogen-bond donors (Lipinski definition) is 1. The summed E-state index contributed by atoms with van der Waals surface area (Å²) >= 11 is 0. The SMILES string of the molecule is Cc1ccc(S(=O)(=O)N(CC(=O)NCCOc2ccc(S(=O)(=O)N(C)C)cc2)c2ccc(C)cc2C)cc1. The number of rotatable bonds is 11. The van der Waals surface area contributed by atoms with Crippen molar-refractivity contribution in [2.24, 2.45) is 0 Å². The zero-order valence-corrected chi connectivity index (χ0v) is 23.8. The third-order valence-electron chi connectivity index (χ3n) is 5.81. The van der Waals surface area contributed by atoms with Crippen molar-refractivity contribution in [2.45, 2.75) is 30.6 Å². The van der Waals surface area contributed by atoms with E-state index in [1.54, 1.807) is 31.2 Å². The van der Waals surface area contributed by atoms with Gasteiger partial charge in [-0.05, 0) is 68.8 Å². The number of benzene rings is 3. The van der Waals surface area contributed by atoms with Crippen molar-refractivity contribution in [3.63, 3.8) is 0 Å². The lowest BCUT2D eigenvalue weighted by atomic mass is 10.1. The van der Waals surface area contributed by atoms with Crippen LogP contribution in [0.5, 0.6) is 5.75 Å². The van der Waals surface area contributed by atoms with Crippen LogP contribution in [0.2, 0.25) is 0 Å². The average molecular weight is 560 g/mol. The number of nitrogens with zero attached hydrogens (tertiary/aromatic N) is 2. The van der Waals surface area contributed by atoms with E-state index in [0.717, 1.165) is 25.3 Å². The second kappa shape index (κ2) is 12.0. The maximum Gasteiger partial charge on any atom is 0.264 e. The van der Waals surface area contributed by atoms with E-state index in [-0.39, 0.29) is 22.9 Å². The zero-order chi connectivity index (χ0) is 28.1. The first-order valence-corrected chi connectivity index (χ1v) is 14.8. The highest BCUT2D eigenvalue weighted by molar-refractivity contribution is 7.92. The molecule has 204 valence electrons. The largest absolute Gasteiger partial charge is 0.492 e. The van der Waals surface area contributed by atoms with Crippen LogP contribution in [-0.4, -0.2) is 60.8 Å². The van der Waals surface area contributed by atoms with Gasteiger partial charge >= 0.3 is 0 Å². The van der Waals surface area contributed by atoms with Crippen LogP contribution in [0.4, 0.5) is 5.69 Å². The molecule has 0 heterocycles. The molecule has 0 atom stereocenters. The van der Waals surface area contributed by atoms with E-state index in [4.69, 9.17) is 4.74 Å². The third-order valence-corrected chi connectivity index (χ3v) is 9.42. The maximum absolute atomic E-state index is 13.5. The van der Waals surface area contributed by atoms with Crippen molar-refractivity contribution < 1.29 is 26.4 Å². The first-order chi connectivity index (χ1) is 17.8. The Kier molecular flexibility index (Phi) is 9.18. The molecule has 3 aromatic carbocycles. The molecule has 0 radical (unpaired) electrons. The summed E-state index contributed by atoms with van der Waals surface area (Å²) in [6, 6.07) is 17.8. The molecule has 9 nitrogen and oxygen atoms in total. The Bertz CT molecular complexity index is 1480. The molecule has 3 aromatic rings. The lowest BCUT2D eigenvalue weighted by Gasteiger charge is -2.26. The van der Waals surface area contributed by atoms with Crippen LogP contribution in [0.15, 0.2) is 76.5 Å². The Morgan fingerprint density at radius 3 is 1.92 bits per heavy atom. The van der Waals surface area contributed by atoms with Crippen molar-refractivity contribution in [1.82, 2.24) is 9.62 Å². The molecule has 0 bridgehead atoms. The second-order valence-corrected chi connectivity index (χ2v) is 13.1. The molecule has 0 saturated carbocycles. The molecule has 0 aromatic heterocycles. The molecule has 0 aliphatic rings. The van der Waals surface area contributed by atoms with Gasteiger partial charge < -0.3 is 10.1 Å². The van der Waals surface area contributed by atoms with Gasteiger partial charge in [0.05, 0.1) is 22.0 Å². The summed E-state index contributed by atoms with van der Waals surface area (Å²) in [7, 11) is -4.64. The van der Waals surface area contributed by atoms with Gasteiger partial charge in [0, 0.05) is 14.1 Å². The fourth-order valence-electron chi connectivity index (χ4n) is 3.69. The van der Waals surface area contributed by atoms with Crippen molar-refractivity contribution in [2.75, 3.05) is 38.1 Å². The molecule has 0 saturated heterocycles. The molecular weight excluding hydrogens is 526 g/mol. The number of carbonyl (C=O) groups is 1. The first kappa shape index (κ1) is 29.2. The molecule has 11 heteroatoms. The standard InChI is InChI=1S/C27H33N3O6S2/c1-20-6-11-25(12-7-20)38(34,35)30(26-15-8-21(2)18-22(26)3)19-27(31)28-16-17-36-23-9-13-24(14-10-23)37(32,33)29(4)5/h6-15,18H,16-17,19H2,1-5H3,(H,28,31). The van der Waals surface area contributed by atoms with Crippen LogP contribution in [0.1, 0.15) is 16.7 Å². The predicted octanol–water partition coefficient (Wildman–Crippen LogP) is 3.25. The quantitative estimate of drug-likeness (QED) is 0.361. The minimum Gasteiger partial charge on any atom is -0.492 e. The molecule has 0 fully saturated rings. The van der Waals surface area contributed by atoms with Crippen LogP contribution in [0.3, 0.4) is 0 Å². The number of nitrogens with one attached hydrogen (secondary N) is 1. The molecule has 0 spiro atoms. The molecule has 0 aliphatic heterocycles. The third kappa shape index (κ3) is 6.91. The van der Waals surface area contributed by atoms with Crippen LogP contribution in [0, 0.1) is 20.8 Å². The van der Waals surface area contributed by atoms with Crippen molar-refractivity contribution in [1.29, 1.82) is 0 Å². The normalized spacial score (nSPS) is 11.8. The predicted molar refractivity (Wildman–Crippen MR) is 147 cm³/mol. The number of anilines is 1. The Hall–Kier alpha value is -3.41.